The van der Waals surface area contributed by atoms with Crippen LogP contribution in [0.4, 0.5) is 0 Å². The molecule has 5 nitrogen and oxygen atoms in total. The summed E-state index contributed by atoms with van der Waals surface area (Å²) in [5.74, 6) is 1.97. The first-order valence-corrected chi connectivity index (χ1v) is 10.1. The smallest absolute Gasteiger partial charge is 0.282 e. The third-order valence-electron chi connectivity index (χ3n) is 4.05. The van der Waals surface area contributed by atoms with E-state index < -0.39 is 10.2 Å². The Balaban J connectivity index is 2.15. The Morgan fingerprint density at radius 1 is 1.25 bits per heavy atom. The Morgan fingerprint density at radius 2 is 2.00 bits per heavy atom. The van der Waals surface area contributed by atoms with Gasteiger partial charge in [0.15, 0.2) is 0 Å². The number of thioether (sulfide) groups is 1. The molecule has 2 aliphatic heterocycles. The molecule has 2 atom stereocenters. The highest BCUT2D eigenvalue weighted by Gasteiger charge is 2.37. The first-order chi connectivity index (χ1) is 9.59. The highest BCUT2D eigenvalue weighted by Crippen LogP contribution is 2.27. The zero-order chi connectivity index (χ0) is 14.6. The van der Waals surface area contributed by atoms with Gasteiger partial charge in [0.2, 0.25) is 0 Å². The number of rotatable bonds is 7. The number of ether oxygens (including phenoxy) is 1. The van der Waals surface area contributed by atoms with Gasteiger partial charge in [-0.1, -0.05) is 13.8 Å². The van der Waals surface area contributed by atoms with E-state index in [1.165, 1.54) is 0 Å². The van der Waals surface area contributed by atoms with Gasteiger partial charge >= 0.3 is 0 Å². The van der Waals surface area contributed by atoms with Crippen LogP contribution >= 0.6 is 11.8 Å². The molecule has 2 heterocycles. The van der Waals surface area contributed by atoms with Crippen LogP contribution in [0.1, 0.15) is 33.1 Å². The van der Waals surface area contributed by atoms with Gasteiger partial charge in [-0.3, -0.25) is 0 Å². The summed E-state index contributed by atoms with van der Waals surface area (Å²) in [6, 6.07) is 0.134. The summed E-state index contributed by atoms with van der Waals surface area (Å²) in [7, 11) is -3.36. The molecule has 0 N–H and O–H groups in total. The summed E-state index contributed by atoms with van der Waals surface area (Å²) < 4.78 is 34.6. The van der Waals surface area contributed by atoms with E-state index in [1.54, 1.807) is 8.61 Å². The minimum Gasteiger partial charge on any atom is -0.377 e. The lowest BCUT2D eigenvalue weighted by atomic mass is 10.2. The molecule has 0 bridgehead atoms. The lowest BCUT2D eigenvalue weighted by Crippen LogP contribution is -2.51. The second-order valence-corrected chi connectivity index (χ2v) is 8.35. The van der Waals surface area contributed by atoms with E-state index >= 15 is 0 Å². The lowest BCUT2D eigenvalue weighted by molar-refractivity contribution is 0.0858. The van der Waals surface area contributed by atoms with Crippen molar-refractivity contribution in [3.63, 3.8) is 0 Å². The van der Waals surface area contributed by atoms with Crippen LogP contribution < -0.4 is 0 Å². The Kier molecular flexibility index (Phi) is 6.16. The average molecular weight is 322 g/mol. The summed E-state index contributed by atoms with van der Waals surface area (Å²) in [5.41, 5.74) is 0. The van der Waals surface area contributed by atoms with Crippen molar-refractivity contribution in [2.45, 2.75) is 45.3 Å². The van der Waals surface area contributed by atoms with Crippen molar-refractivity contribution < 1.29 is 13.2 Å². The first kappa shape index (κ1) is 16.5. The summed E-state index contributed by atoms with van der Waals surface area (Å²) in [6.07, 6.45) is 3.05. The first-order valence-electron chi connectivity index (χ1n) is 7.55. The molecular formula is C13H26N2O3S2. The third-order valence-corrected chi connectivity index (χ3v) is 7.40. The van der Waals surface area contributed by atoms with Gasteiger partial charge in [0.05, 0.1) is 6.10 Å². The van der Waals surface area contributed by atoms with Gasteiger partial charge in [-0.2, -0.15) is 28.8 Å². The van der Waals surface area contributed by atoms with Gasteiger partial charge in [-0.05, 0) is 25.0 Å². The fourth-order valence-corrected chi connectivity index (χ4v) is 6.05. The fourth-order valence-electron chi connectivity index (χ4n) is 2.87. The highest BCUT2D eigenvalue weighted by atomic mass is 32.2. The monoisotopic (exact) mass is 322 g/mol. The topological polar surface area (TPSA) is 49.9 Å². The molecule has 2 fully saturated rings. The molecule has 20 heavy (non-hydrogen) atoms. The molecule has 7 heteroatoms. The van der Waals surface area contributed by atoms with Crippen LogP contribution in [0.15, 0.2) is 0 Å². The van der Waals surface area contributed by atoms with Gasteiger partial charge < -0.3 is 4.74 Å². The van der Waals surface area contributed by atoms with E-state index in [-0.39, 0.29) is 12.1 Å². The molecule has 0 radical (unpaired) electrons. The molecule has 0 aliphatic carbocycles. The molecule has 0 spiro atoms. The van der Waals surface area contributed by atoms with Gasteiger partial charge in [-0.15, -0.1) is 0 Å². The van der Waals surface area contributed by atoms with Crippen molar-refractivity contribution in [3.05, 3.63) is 0 Å². The Morgan fingerprint density at radius 3 is 2.50 bits per heavy atom. The standard InChI is InChI=1S/C13H26N2O3S2/c1-3-14(4-2)20(16,17)15(12-7-9-19-11-12)10-13-6-5-8-18-13/h12-13H,3-11H2,1-2H3. The third kappa shape index (κ3) is 3.68. The molecule has 2 rings (SSSR count). The van der Waals surface area contributed by atoms with Crippen molar-refractivity contribution in [1.29, 1.82) is 0 Å². The van der Waals surface area contributed by atoms with Crippen LogP contribution in [0, 0.1) is 0 Å². The largest absolute Gasteiger partial charge is 0.377 e. The quantitative estimate of drug-likeness (QED) is 0.714. The molecule has 0 saturated carbocycles. The summed E-state index contributed by atoms with van der Waals surface area (Å²) in [5, 5.41) is 0. The van der Waals surface area contributed by atoms with E-state index in [9.17, 15) is 8.42 Å². The molecule has 0 amide bonds. The van der Waals surface area contributed by atoms with Gasteiger partial charge in [-0.25, -0.2) is 0 Å². The molecular weight excluding hydrogens is 296 g/mol. The second-order valence-electron chi connectivity index (χ2n) is 5.31. The summed E-state index contributed by atoms with van der Waals surface area (Å²) in [6.45, 7) is 6.14. The molecule has 118 valence electrons. The summed E-state index contributed by atoms with van der Waals surface area (Å²) in [4.78, 5) is 0. The molecule has 2 saturated heterocycles. The Bertz CT molecular complexity index is 386. The van der Waals surface area contributed by atoms with Crippen LogP contribution in [0.5, 0.6) is 0 Å². The van der Waals surface area contributed by atoms with Crippen molar-refractivity contribution in [1.82, 2.24) is 8.61 Å². The van der Waals surface area contributed by atoms with E-state index in [0.717, 1.165) is 37.4 Å². The van der Waals surface area contributed by atoms with Gasteiger partial charge in [0.25, 0.3) is 10.2 Å². The zero-order valence-electron chi connectivity index (χ0n) is 12.5. The minimum atomic E-state index is -3.36. The Labute approximate surface area is 127 Å². The maximum atomic E-state index is 12.9. The normalized spacial score (nSPS) is 27.8. The van der Waals surface area contributed by atoms with E-state index in [0.29, 0.717) is 19.6 Å². The Hall–Kier alpha value is 0.180. The predicted octanol–water partition coefficient (Wildman–Crippen LogP) is 1.56. The SMILES string of the molecule is CCN(CC)S(=O)(=O)N(CC1CCCO1)C1CCSC1. The molecule has 2 aliphatic rings. The van der Waals surface area contributed by atoms with Gasteiger partial charge in [0.1, 0.15) is 0 Å². The van der Waals surface area contributed by atoms with Crippen LogP contribution in [0.3, 0.4) is 0 Å². The predicted molar refractivity (Wildman–Crippen MR) is 83.3 cm³/mol. The molecule has 2 unspecified atom stereocenters. The van der Waals surface area contributed by atoms with Crippen LogP contribution in [0.2, 0.25) is 0 Å². The van der Waals surface area contributed by atoms with Crippen molar-refractivity contribution in [2.24, 2.45) is 0 Å². The van der Waals surface area contributed by atoms with E-state index in [1.807, 2.05) is 25.6 Å². The van der Waals surface area contributed by atoms with E-state index in [2.05, 4.69) is 0 Å². The van der Waals surface area contributed by atoms with Gasteiger partial charge in [0, 0.05) is 38.0 Å². The maximum Gasteiger partial charge on any atom is 0.282 e. The maximum absolute atomic E-state index is 12.9. The molecule has 0 aromatic rings. The fraction of sp³-hybridized carbons (Fsp3) is 1.00. The molecule has 0 aromatic heterocycles. The highest BCUT2D eigenvalue weighted by molar-refractivity contribution is 7.99. The van der Waals surface area contributed by atoms with Crippen LogP contribution in [-0.2, 0) is 14.9 Å². The minimum absolute atomic E-state index is 0.0749. The number of nitrogens with zero attached hydrogens (tertiary/aromatic N) is 2. The molecule has 0 aromatic carbocycles. The second kappa shape index (κ2) is 7.45. The van der Waals surface area contributed by atoms with Crippen molar-refractivity contribution >= 4 is 22.0 Å². The summed E-state index contributed by atoms with van der Waals surface area (Å²) >= 11 is 1.85. The zero-order valence-corrected chi connectivity index (χ0v) is 14.1. The number of hydrogen-bond acceptors (Lipinski definition) is 4. The lowest BCUT2D eigenvalue weighted by Gasteiger charge is -2.33. The average Bonchev–Trinajstić information content (AvgIpc) is 3.10. The number of hydrogen-bond donors (Lipinski definition) is 0. The van der Waals surface area contributed by atoms with Crippen molar-refractivity contribution in [3.8, 4) is 0 Å². The van der Waals surface area contributed by atoms with E-state index in [4.69, 9.17) is 4.74 Å². The van der Waals surface area contributed by atoms with Crippen LogP contribution in [0.25, 0.3) is 0 Å². The van der Waals surface area contributed by atoms with Crippen LogP contribution in [-0.4, -0.2) is 66.9 Å². The van der Waals surface area contributed by atoms with Crippen molar-refractivity contribution in [2.75, 3.05) is 37.7 Å².